The van der Waals surface area contributed by atoms with Crippen LogP contribution in [0, 0.1) is 0 Å². The van der Waals surface area contributed by atoms with E-state index >= 15 is 0 Å². The number of carbonyl (C=O) groups is 1. The summed E-state index contributed by atoms with van der Waals surface area (Å²) in [7, 11) is 0. The maximum atomic E-state index is 13.8. The lowest BCUT2D eigenvalue weighted by atomic mass is 10.0. The highest BCUT2D eigenvalue weighted by Crippen LogP contribution is 2.45. The van der Waals surface area contributed by atoms with Crippen molar-refractivity contribution in [1.82, 2.24) is 0 Å². The van der Waals surface area contributed by atoms with Gasteiger partial charge in [0.05, 0.1) is 16.7 Å². The molecule has 0 fully saturated rings. The van der Waals surface area contributed by atoms with Gasteiger partial charge in [-0.25, -0.2) is 0 Å². The average molecular weight is 659 g/mol. The van der Waals surface area contributed by atoms with E-state index in [-0.39, 0.29) is 24.3 Å². The van der Waals surface area contributed by atoms with Crippen LogP contribution >= 0.6 is 0 Å². The van der Waals surface area contributed by atoms with Crippen molar-refractivity contribution in [3.8, 4) is 34.5 Å². The van der Waals surface area contributed by atoms with Crippen molar-refractivity contribution in [2.75, 3.05) is 0 Å². The smallest absolute Gasteiger partial charge is 0.419 e. The number of halogens is 9. The van der Waals surface area contributed by atoms with Crippen LogP contribution in [0.1, 0.15) is 41.2 Å². The first-order valence-corrected chi connectivity index (χ1v) is 13.4. The Labute approximate surface area is 255 Å². The lowest BCUT2D eigenvalue weighted by molar-refractivity contribution is -0.139. The third-order valence-electron chi connectivity index (χ3n) is 6.52. The lowest BCUT2D eigenvalue weighted by Crippen LogP contribution is -2.08. The Morgan fingerprint density at radius 3 is 1.87 bits per heavy atom. The van der Waals surface area contributed by atoms with Gasteiger partial charge in [-0.15, -0.1) is 0 Å². The molecule has 14 heteroatoms. The number of ether oxygens (including phenoxy) is 3. The van der Waals surface area contributed by atoms with Gasteiger partial charge in [0.15, 0.2) is 11.5 Å². The molecule has 4 aromatic rings. The van der Waals surface area contributed by atoms with Gasteiger partial charge in [-0.05, 0) is 78.6 Å². The molecule has 0 bridgehead atoms. The number of carboxylic acids is 1. The normalized spacial score (nSPS) is 12.1. The number of aliphatic carboxylic acids is 1. The van der Waals surface area contributed by atoms with E-state index in [1.54, 1.807) is 13.0 Å². The molecule has 0 aliphatic carbocycles. The average Bonchev–Trinajstić information content (AvgIpc) is 2.96. The summed E-state index contributed by atoms with van der Waals surface area (Å²) >= 11 is 0. The zero-order valence-corrected chi connectivity index (χ0v) is 23.6. The van der Waals surface area contributed by atoms with Crippen molar-refractivity contribution in [3.05, 3.63) is 107 Å². The van der Waals surface area contributed by atoms with Crippen LogP contribution in [0.5, 0.6) is 34.5 Å². The monoisotopic (exact) mass is 658 g/mol. The van der Waals surface area contributed by atoms with Gasteiger partial charge in [0.25, 0.3) is 0 Å². The van der Waals surface area contributed by atoms with Gasteiger partial charge in [0.1, 0.15) is 23.0 Å². The molecule has 0 aliphatic heterocycles. The first-order chi connectivity index (χ1) is 21.4. The molecule has 4 rings (SSSR count). The number of para-hydroxylation sites is 1. The van der Waals surface area contributed by atoms with E-state index in [1.165, 1.54) is 12.1 Å². The minimum absolute atomic E-state index is 0.100. The second-order valence-electron chi connectivity index (χ2n) is 9.83. The third kappa shape index (κ3) is 8.64. The van der Waals surface area contributed by atoms with Gasteiger partial charge in [-0.2, -0.15) is 39.5 Å². The van der Waals surface area contributed by atoms with Crippen molar-refractivity contribution in [3.63, 3.8) is 0 Å². The Morgan fingerprint density at radius 1 is 0.609 bits per heavy atom. The molecule has 5 nitrogen and oxygen atoms in total. The van der Waals surface area contributed by atoms with Gasteiger partial charge in [-0.1, -0.05) is 25.1 Å². The van der Waals surface area contributed by atoms with E-state index in [9.17, 15) is 44.3 Å². The summed E-state index contributed by atoms with van der Waals surface area (Å²) in [6.45, 7) is 1.79. The van der Waals surface area contributed by atoms with Crippen molar-refractivity contribution in [2.45, 2.75) is 44.7 Å². The summed E-state index contributed by atoms with van der Waals surface area (Å²) in [6.07, 6.45) is -14.3. The van der Waals surface area contributed by atoms with Crippen molar-refractivity contribution in [1.29, 1.82) is 0 Å². The predicted molar refractivity (Wildman–Crippen MR) is 146 cm³/mol. The lowest BCUT2D eigenvalue weighted by Gasteiger charge is -2.19. The Balaban J connectivity index is 1.74. The fourth-order valence-electron chi connectivity index (χ4n) is 4.35. The number of carboxylic acid groups (broad SMARTS) is 1. The van der Waals surface area contributed by atoms with Gasteiger partial charge in [0.2, 0.25) is 0 Å². The number of aryl methyl sites for hydroxylation is 2. The summed E-state index contributed by atoms with van der Waals surface area (Å²) < 4.78 is 139. The molecule has 0 spiro atoms. The second-order valence-corrected chi connectivity index (χ2v) is 9.83. The van der Waals surface area contributed by atoms with Gasteiger partial charge >= 0.3 is 24.5 Å². The highest BCUT2D eigenvalue weighted by Gasteiger charge is 2.36. The van der Waals surface area contributed by atoms with Gasteiger partial charge in [0, 0.05) is 12.5 Å². The van der Waals surface area contributed by atoms with E-state index in [1.807, 2.05) is 0 Å². The van der Waals surface area contributed by atoms with Crippen molar-refractivity contribution < 1.29 is 63.6 Å². The molecule has 1 N–H and O–H groups in total. The molecule has 0 atom stereocenters. The van der Waals surface area contributed by atoms with E-state index in [0.29, 0.717) is 53.9 Å². The second kappa shape index (κ2) is 13.2. The molecule has 0 aromatic heterocycles. The van der Waals surface area contributed by atoms with E-state index < -0.39 is 64.2 Å². The Morgan fingerprint density at radius 2 is 1.26 bits per heavy atom. The summed E-state index contributed by atoms with van der Waals surface area (Å²) in [4.78, 5) is 11.0. The fraction of sp³-hybridized carbons (Fsp3) is 0.219. The number of alkyl halides is 9. The SMILES string of the molecule is CCc1cc(Oc2cc(Oc3ccc(C(F)(F)F)cc3Oc3ccccc3C(F)(F)F)cc(C(F)(F)F)c2)ccc1CCC(=O)O. The maximum absolute atomic E-state index is 13.8. The number of hydrogen-bond donors (Lipinski definition) is 1. The highest BCUT2D eigenvalue weighted by atomic mass is 19.4. The minimum Gasteiger partial charge on any atom is -0.481 e. The van der Waals surface area contributed by atoms with Gasteiger partial charge in [-0.3, -0.25) is 4.79 Å². The molecule has 0 unspecified atom stereocenters. The molecule has 4 aromatic carbocycles. The Bertz CT molecular complexity index is 1710. The van der Waals surface area contributed by atoms with Gasteiger partial charge < -0.3 is 19.3 Å². The fourth-order valence-corrected chi connectivity index (χ4v) is 4.35. The van der Waals surface area contributed by atoms with Crippen LogP contribution in [0.4, 0.5) is 39.5 Å². The largest absolute Gasteiger partial charge is 0.481 e. The Hall–Kier alpha value is -4.88. The van der Waals surface area contributed by atoms with E-state index in [2.05, 4.69) is 0 Å². The van der Waals surface area contributed by atoms with Crippen LogP contribution in [0.2, 0.25) is 0 Å². The molecular formula is C32H23F9O5. The third-order valence-corrected chi connectivity index (χ3v) is 6.52. The van der Waals surface area contributed by atoms with Crippen LogP contribution in [0.3, 0.4) is 0 Å². The van der Waals surface area contributed by atoms with Crippen molar-refractivity contribution >= 4 is 5.97 Å². The van der Waals surface area contributed by atoms with E-state index in [0.717, 1.165) is 24.3 Å². The molecule has 244 valence electrons. The molecular weight excluding hydrogens is 635 g/mol. The number of hydrogen-bond acceptors (Lipinski definition) is 4. The van der Waals surface area contributed by atoms with Crippen LogP contribution in [-0.4, -0.2) is 11.1 Å². The Kier molecular flexibility index (Phi) is 9.78. The quantitative estimate of drug-likeness (QED) is 0.172. The first-order valence-electron chi connectivity index (χ1n) is 13.4. The van der Waals surface area contributed by atoms with Crippen LogP contribution in [-0.2, 0) is 36.2 Å². The van der Waals surface area contributed by atoms with Crippen LogP contribution in [0.15, 0.2) is 78.9 Å². The highest BCUT2D eigenvalue weighted by molar-refractivity contribution is 5.67. The number of benzene rings is 4. The summed E-state index contributed by atoms with van der Waals surface area (Å²) in [5.41, 5.74) is -2.50. The standard InChI is InChI=1S/C32H23F9O5/c1-2-18-13-22(10-7-19(18)8-12-29(42)43)44-23-14-21(31(36,37)38)15-24(17-23)45-27-11-9-20(30(33,34)35)16-28(27)46-26-6-4-3-5-25(26)32(39,40)41/h3-7,9-11,13-17H,2,8,12H2,1H3,(H,42,43). The van der Waals surface area contributed by atoms with Crippen LogP contribution in [0.25, 0.3) is 0 Å². The maximum Gasteiger partial charge on any atom is 0.419 e. The first kappa shape index (κ1) is 34.0. The molecule has 0 heterocycles. The topological polar surface area (TPSA) is 65.0 Å². The molecule has 0 saturated heterocycles. The summed E-state index contributed by atoms with van der Waals surface area (Å²) in [5.74, 6) is -4.21. The summed E-state index contributed by atoms with van der Waals surface area (Å²) in [5, 5.41) is 8.96. The number of rotatable bonds is 10. The minimum atomic E-state index is -4.95. The van der Waals surface area contributed by atoms with Crippen LogP contribution < -0.4 is 14.2 Å². The summed E-state index contributed by atoms with van der Waals surface area (Å²) in [6, 6.07) is 12.0. The van der Waals surface area contributed by atoms with E-state index in [4.69, 9.17) is 19.3 Å². The zero-order valence-electron chi connectivity index (χ0n) is 23.6. The van der Waals surface area contributed by atoms with Crippen molar-refractivity contribution in [2.24, 2.45) is 0 Å². The molecule has 0 saturated carbocycles. The molecule has 0 radical (unpaired) electrons. The predicted octanol–water partition coefficient (Wildman–Crippen LogP) is 10.7. The molecule has 46 heavy (non-hydrogen) atoms. The zero-order chi connectivity index (χ0) is 33.9. The molecule has 0 aliphatic rings. The molecule has 0 amide bonds.